The predicted molar refractivity (Wildman–Crippen MR) is 70.3 cm³/mol. The molecule has 1 fully saturated rings. The van der Waals surface area contributed by atoms with E-state index in [0.717, 1.165) is 24.7 Å². The van der Waals surface area contributed by atoms with E-state index in [4.69, 9.17) is 0 Å². The van der Waals surface area contributed by atoms with Crippen LogP contribution in [0.3, 0.4) is 0 Å². The lowest BCUT2D eigenvalue weighted by atomic mass is 10.3. The smallest absolute Gasteiger partial charge is 0.149 e. The molecule has 0 aliphatic carbocycles. The second-order valence-corrected chi connectivity index (χ2v) is 5.06. The highest BCUT2D eigenvalue weighted by Crippen LogP contribution is 2.22. The topological polar surface area (TPSA) is 41.1 Å². The van der Waals surface area contributed by atoms with Crippen molar-refractivity contribution in [3.05, 3.63) is 12.4 Å². The minimum absolute atomic E-state index is 0.546. The molecule has 88 valence electrons. The summed E-state index contributed by atoms with van der Waals surface area (Å²) in [5.41, 5.74) is 0. The average Bonchev–Trinajstić information content (AvgIpc) is 2.30. The van der Waals surface area contributed by atoms with E-state index in [-0.39, 0.29) is 0 Å². The van der Waals surface area contributed by atoms with Crippen LogP contribution in [0.4, 0.5) is 11.6 Å². The van der Waals surface area contributed by atoms with E-state index in [0.29, 0.717) is 6.04 Å². The van der Waals surface area contributed by atoms with E-state index in [1.165, 1.54) is 11.5 Å². The van der Waals surface area contributed by atoms with Gasteiger partial charge in [-0.3, -0.25) is 4.98 Å². The summed E-state index contributed by atoms with van der Waals surface area (Å²) in [7, 11) is 0. The second-order valence-electron chi connectivity index (χ2n) is 3.91. The van der Waals surface area contributed by atoms with E-state index < -0.39 is 0 Å². The highest BCUT2D eigenvalue weighted by Gasteiger charge is 2.20. The van der Waals surface area contributed by atoms with Crippen molar-refractivity contribution >= 4 is 23.4 Å². The first kappa shape index (κ1) is 11.5. The molecule has 1 atom stereocenters. The molecule has 1 N–H and O–H groups in total. The Balaban J connectivity index is 2.15. The molecule has 0 bridgehead atoms. The van der Waals surface area contributed by atoms with E-state index in [9.17, 15) is 0 Å². The number of nitrogens with one attached hydrogen (secondary N) is 1. The standard InChI is InChI=1S/C11H18N4S/c1-3-13-10-6-12-7-11(14-10)15-4-5-16-8-9(15)2/h6-7,9H,3-5,8H2,1-2H3,(H,13,14). The van der Waals surface area contributed by atoms with Crippen LogP contribution in [-0.2, 0) is 0 Å². The number of rotatable bonds is 3. The molecular weight excluding hydrogens is 220 g/mol. The Kier molecular flexibility index (Phi) is 3.88. The summed E-state index contributed by atoms with van der Waals surface area (Å²) < 4.78 is 0. The maximum Gasteiger partial charge on any atom is 0.149 e. The van der Waals surface area contributed by atoms with Crippen LogP contribution in [0.5, 0.6) is 0 Å². The van der Waals surface area contributed by atoms with Crippen molar-refractivity contribution in [2.24, 2.45) is 0 Å². The first-order valence-electron chi connectivity index (χ1n) is 5.71. The van der Waals surface area contributed by atoms with Crippen molar-refractivity contribution in [3.63, 3.8) is 0 Å². The Morgan fingerprint density at radius 3 is 3.19 bits per heavy atom. The molecule has 2 rings (SSSR count). The van der Waals surface area contributed by atoms with Gasteiger partial charge in [-0.2, -0.15) is 11.8 Å². The monoisotopic (exact) mass is 238 g/mol. The molecule has 1 aliphatic rings. The maximum absolute atomic E-state index is 4.58. The predicted octanol–water partition coefficient (Wildman–Crippen LogP) is 1.85. The molecule has 0 amide bonds. The van der Waals surface area contributed by atoms with Crippen molar-refractivity contribution in [1.29, 1.82) is 0 Å². The zero-order valence-electron chi connectivity index (χ0n) is 9.81. The normalized spacial score (nSPS) is 20.9. The Morgan fingerprint density at radius 1 is 1.56 bits per heavy atom. The van der Waals surface area contributed by atoms with Gasteiger partial charge in [0.25, 0.3) is 0 Å². The Hall–Kier alpha value is -0.970. The van der Waals surface area contributed by atoms with E-state index in [2.05, 4.69) is 34.0 Å². The Bertz CT molecular complexity index is 345. The maximum atomic E-state index is 4.58. The quantitative estimate of drug-likeness (QED) is 0.870. The van der Waals surface area contributed by atoms with Crippen molar-refractivity contribution in [2.75, 3.05) is 34.8 Å². The summed E-state index contributed by atoms with van der Waals surface area (Å²) in [5.74, 6) is 4.21. The first-order chi connectivity index (χ1) is 7.81. The molecule has 0 aromatic carbocycles. The third-order valence-corrected chi connectivity index (χ3v) is 3.83. The van der Waals surface area contributed by atoms with Crippen LogP contribution < -0.4 is 10.2 Å². The second kappa shape index (κ2) is 5.39. The fraction of sp³-hybridized carbons (Fsp3) is 0.636. The minimum Gasteiger partial charge on any atom is -0.369 e. The molecule has 2 heterocycles. The number of aromatic nitrogens is 2. The van der Waals surface area contributed by atoms with Gasteiger partial charge in [0.2, 0.25) is 0 Å². The summed E-state index contributed by atoms with van der Waals surface area (Å²) in [6, 6.07) is 0.546. The minimum atomic E-state index is 0.546. The fourth-order valence-electron chi connectivity index (χ4n) is 1.83. The lowest BCUT2D eigenvalue weighted by molar-refractivity contribution is 0.688. The molecule has 1 aliphatic heterocycles. The van der Waals surface area contributed by atoms with Crippen LogP contribution in [0.25, 0.3) is 0 Å². The van der Waals surface area contributed by atoms with Crippen LogP contribution >= 0.6 is 11.8 Å². The Labute approximate surface area is 101 Å². The average molecular weight is 238 g/mol. The molecule has 1 unspecified atom stereocenters. The zero-order chi connectivity index (χ0) is 11.4. The Morgan fingerprint density at radius 2 is 2.44 bits per heavy atom. The zero-order valence-corrected chi connectivity index (χ0v) is 10.6. The molecule has 16 heavy (non-hydrogen) atoms. The van der Waals surface area contributed by atoms with Crippen molar-refractivity contribution in [2.45, 2.75) is 19.9 Å². The van der Waals surface area contributed by atoms with Crippen molar-refractivity contribution in [3.8, 4) is 0 Å². The largest absolute Gasteiger partial charge is 0.369 e. The number of nitrogens with zero attached hydrogens (tertiary/aromatic N) is 3. The molecule has 1 aromatic rings. The third kappa shape index (κ3) is 2.58. The molecule has 0 spiro atoms. The van der Waals surface area contributed by atoms with Gasteiger partial charge in [-0.05, 0) is 13.8 Å². The first-order valence-corrected chi connectivity index (χ1v) is 6.87. The molecule has 5 heteroatoms. The van der Waals surface area contributed by atoms with Crippen LogP contribution in [0, 0.1) is 0 Å². The van der Waals surface area contributed by atoms with E-state index in [1.54, 1.807) is 6.20 Å². The van der Waals surface area contributed by atoms with Gasteiger partial charge < -0.3 is 10.2 Å². The summed E-state index contributed by atoms with van der Waals surface area (Å²) in [4.78, 5) is 11.2. The van der Waals surface area contributed by atoms with Gasteiger partial charge in [-0.1, -0.05) is 0 Å². The van der Waals surface area contributed by atoms with Crippen molar-refractivity contribution < 1.29 is 0 Å². The van der Waals surface area contributed by atoms with Gasteiger partial charge in [0.15, 0.2) is 0 Å². The molecule has 1 aromatic heterocycles. The lowest BCUT2D eigenvalue weighted by Crippen LogP contribution is -2.41. The van der Waals surface area contributed by atoms with Crippen LogP contribution in [-0.4, -0.2) is 40.6 Å². The van der Waals surface area contributed by atoms with Gasteiger partial charge in [0.1, 0.15) is 11.6 Å². The SMILES string of the molecule is CCNc1cncc(N2CCSCC2C)n1. The molecule has 0 saturated carbocycles. The van der Waals surface area contributed by atoms with Gasteiger partial charge >= 0.3 is 0 Å². The highest BCUT2D eigenvalue weighted by molar-refractivity contribution is 7.99. The highest BCUT2D eigenvalue weighted by atomic mass is 32.2. The fourth-order valence-corrected chi connectivity index (χ4v) is 2.84. The molecular formula is C11H18N4S. The number of hydrogen-bond donors (Lipinski definition) is 1. The van der Waals surface area contributed by atoms with Crippen LogP contribution in [0.15, 0.2) is 12.4 Å². The van der Waals surface area contributed by atoms with Crippen LogP contribution in [0.1, 0.15) is 13.8 Å². The van der Waals surface area contributed by atoms with Gasteiger partial charge in [-0.15, -0.1) is 0 Å². The van der Waals surface area contributed by atoms with Gasteiger partial charge in [0, 0.05) is 30.6 Å². The number of anilines is 2. The molecule has 1 saturated heterocycles. The number of hydrogen-bond acceptors (Lipinski definition) is 5. The summed E-state index contributed by atoms with van der Waals surface area (Å²) >= 11 is 2.01. The molecule has 0 radical (unpaired) electrons. The third-order valence-electron chi connectivity index (χ3n) is 2.64. The van der Waals surface area contributed by atoms with Gasteiger partial charge in [-0.25, -0.2) is 4.98 Å². The summed E-state index contributed by atoms with van der Waals surface area (Å²) in [6.07, 6.45) is 3.63. The van der Waals surface area contributed by atoms with E-state index >= 15 is 0 Å². The summed E-state index contributed by atoms with van der Waals surface area (Å²) in [6.45, 7) is 6.25. The summed E-state index contributed by atoms with van der Waals surface area (Å²) in [5, 5.41) is 3.20. The number of thioether (sulfide) groups is 1. The lowest BCUT2D eigenvalue weighted by Gasteiger charge is -2.33. The van der Waals surface area contributed by atoms with Crippen LogP contribution in [0.2, 0.25) is 0 Å². The van der Waals surface area contributed by atoms with Gasteiger partial charge in [0.05, 0.1) is 12.4 Å². The van der Waals surface area contributed by atoms with E-state index in [1.807, 2.05) is 18.0 Å². The molecule has 4 nitrogen and oxygen atoms in total. The van der Waals surface area contributed by atoms with Crippen molar-refractivity contribution in [1.82, 2.24) is 9.97 Å².